The normalized spacial score (nSPS) is 12.5. The van der Waals surface area contributed by atoms with E-state index in [-0.39, 0.29) is 12.5 Å². The van der Waals surface area contributed by atoms with Crippen molar-refractivity contribution in [3.63, 3.8) is 0 Å². The van der Waals surface area contributed by atoms with E-state index in [2.05, 4.69) is 15.6 Å². The topological polar surface area (TPSA) is 91.3 Å². The molecule has 6 nitrogen and oxygen atoms in total. The maximum Gasteiger partial charge on any atom is 0.324 e. The first-order chi connectivity index (χ1) is 11.6. The highest BCUT2D eigenvalue weighted by atomic mass is 16.4. The number of benzene rings is 1. The van der Waals surface area contributed by atoms with E-state index in [1.54, 1.807) is 18.2 Å². The Hall–Kier alpha value is -2.89. The molecule has 1 aromatic heterocycles. The maximum absolute atomic E-state index is 12.1. The number of rotatable bonds is 5. The second-order valence-corrected chi connectivity index (χ2v) is 5.87. The quantitative estimate of drug-likeness (QED) is 0.787. The van der Waals surface area contributed by atoms with Crippen LogP contribution in [0, 0.1) is 0 Å². The van der Waals surface area contributed by atoms with Gasteiger partial charge in [-0.25, -0.2) is 9.78 Å². The molecule has 6 heteroatoms. The van der Waals surface area contributed by atoms with Crippen molar-refractivity contribution < 1.29 is 14.7 Å². The van der Waals surface area contributed by atoms with Crippen LogP contribution >= 0.6 is 0 Å². The number of fused-ring (bicyclic) bond motifs is 1. The first-order valence-corrected chi connectivity index (χ1v) is 7.97. The van der Waals surface area contributed by atoms with Gasteiger partial charge in [0, 0.05) is 18.3 Å². The molecule has 2 amide bonds. The van der Waals surface area contributed by atoms with E-state index in [9.17, 15) is 9.59 Å². The molecule has 1 aliphatic carbocycles. The number of hydrogen-bond acceptors (Lipinski definition) is 3. The van der Waals surface area contributed by atoms with Gasteiger partial charge >= 0.3 is 12.0 Å². The predicted molar refractivity (Wildman–Crippen MR) is 91.3 cm³/mol. The van der Waals surface area contributed by atoms with Gasteiger partial charge in [0.1, 0.15) is 5.82 Å². The Labute approximate surface area is 139 Å². The number of carboxylic acids is 1. The third-order valence-corrected chi connectivity index (χ3v) is 4.03. The molecule has 24 heavy (non-hydrogen) atoms. The molecule has 1 aromatic carbocycles. The van der Waals surface area contributed by atoms with Crippen LogP contribution < -0.4 is 10.6 Å². The Bertz CT molecular complexity index is 774. The fourth-order valence-corrected chi connectivity index (χ4v) is 2.86. The third kappa shape index (κ3) is 4.10. The maximum atomic E-state index is 12.1. The van der Waals surface area contributed by atoms with Gasteiger partial charge in [0.15, 0.2) is 0 Å². The van der Waals surface area contributed by atoms with Crippen molar-refractivity contribution in [1.29, 1.82) is 0 Å². The smallest absolute Gasteiger partial charge is 0.324 e. The van der Waals surface area contributed by atoms with Crippen molar-refractivity contribution in [3.05, 3.63) is 53.2 Å². The minimum Gasteiger partial charge on any atom is -0.481 e. The highest BCUT2D eigenvalue weighted by Crippen LogP contribution is 2.23. The second kappa shape index (κ2) is 7.12. The number of urea groups is 1. The molecule has 124 valence electrons. The van der Waals surface area contributed by atoms with Crippen LogP contribution in [0.2, 0.25) is 0 Å². The van der Waals surface area contributed by atoms with Crippen molar-refractivity contribution in [1.82, 2.24) is 4.98 Å². The summed E-state index contributed by atoms with van der Waals surface area (Å²) >= 11 is 0. The summed E-state index contributed by atoms with van der Waals surface area (Å²) in [5, 5.41) is 14.2. The van der Waals surface area contributed by atoms with Crippen molar-refractivity contribution in [2.45, 2.75) is 32.1 Å². The van der Waals surface area contributed by atoms with Crippen LogP contribution in [0.25, 0.3) is 0 Å². The Kier molecular flexibility index (Phi) is 4.74. The molecule has 0 saturated carbocycles. The molecular weight excluding hydrogens is 306 g/mol. The van der Waals surface area contributed by atoms with Crippen LogP contribution in [0.4, 0.5) is 16.3 Å². The van der Waals surface area contributed by atoms with Gasteiger partial charge < -0.3 is 10.4 Å². The fraction of sp³-hybridized carbons (Fsp3) is 0.278. The predicted octanol–water partition coefficient (Wildman–Crippen LogP) is 3.23. The van der Waals surface area contributed by atoms with Crippen LogP contribution in [0.5, 0.6) is 0 Å². The number of hydrogen-bond donors (Lipinski definition) is 3. The van der Waals surface area contributed by atoms with Gasteiger partial charge in [0.05, 0.1) is 0 Å². The zero-order valence-corrected chi connectivity index (χ0v) is 13.2. The molecule has 0 radical (unpaired) electrons. The van der Waals surface area contributed by atoms with Gasteiger partial charge in [-0.2, -0.15) is 0 Å². The average molecular weight is 325 g/mol. The molecule has 3 rings (SSSR count). The van der Waals surface area contributed by atoms with Gasteiger partial charge in [-0.3, -0.25) is 10.1 Å². The number of anilines is 2. The lowest BCUT2D eigenvalue weighted by Crippen LogP contribution is -2.20. The molecule has 1 aliphatic rings. The van der Waals surface area contributed by atoms with Crippen molar-refractivity contribution in [3.8, 4) is 0 Å². The Morgan fingerprint density at radius 2 is 1.96 bits per heavy atom. The summed E-state index contributed by atoms with van der Waals surface area (Å²) < 4.78 is 0. The number of nitrogens with zero attached hydrogens (tertiary/aromatic N) is 1. The SMILES string of the molecule is O=C(O)CCc1cccc(NC(=O)Nc2cc3c(cn2)CCC3)c1. The highest BCUT2D eigenvalue weighted by molar-refractivity contribution is 5.99. The van der Waals surface area contributed by atoms with Crippen LogP contribution in [0.3, 0.4) is 0 Å². The summed E-state index contributed by atoms with van der Waals surface area (Å²) in [6, 6.07) is 8.73. The zero-order chi connectivity index (χ0) is 16.9. The Morgan fingerprint density at radius 1 is 1.12 bits per heavy atom. The number of aliphatic carboxylic acids is 1. The average Bonchev–Trinajstić information content (AvgIpc) is 3.01. The molecule has 0 aliphatic heterocycles. The lowest BCUT2D eigenvalue weighted by atomic mass is 10.1. The zero-order valence-electron chi connectivity index (χ0n) is 13.2. The summed E-state index contributed by atoms with van der Waals surface area (Å²) in [6.07, 6.45) is 5.53. The summed E-state index contributed by atoms with van der Waals surface area (Å²) in [7, 11) is 0. The van der Waals surface area contributed by atoms with E-state index in [4.69, 9.17) is 5.11 Å². The number of aromatic nitrogens is 1. The molecule has 1 heterocycles. The van der Waals surface area contributed by atoms with Crippen molar-refractivity contribution in [2.24, 2.45) is 0 Å². The summed E-state index contributed by atoms with van der Waals surface area (Å²) in [6.45, 7) is 0. The van der Waals surface area contributed by atoms with E-state index in [1.807, 2.05) is 18.3 Å². The van der Waals surface area contributed by atoms with Crippen LogP contribution in [0.1, 0.15) is 29.5 Å². The largest absolute Gasteiger partial charge is 0.481 e. The second-order valence-electron chi connectivity index (χ2n) is 5.87. The minimum atomic E-state index is -0.839. The van der Waals surface area contributed by atoms with Crippen molar-refractivity contribution >= 4 is 23.5 Å². The van der Waals surface area contributed by atoms with Gasteiger partial charge in [0.25, 0.3) is 0 Å². The lowest BCUT2D eigenvalue weighted by molar-refractivity contribution is -0.136. The van der Waals surface area contributed by atoms with Gasteiger partial charge in [0.2, 0.25) is 0 Å². The fourth-order valence-electron chi connectivity index (χ4n) is 2.86. The van der Waals surface area contributed by atoms with Crippen LogP contribution in [-0.2, 0) is 24.1 Å². The van der Waals surface area contributed by atoms with E-state index in [0.717, 1.165) is 24.8 Å². The third-order valence-electron chi connectivity index (χ3n) is 4.03. The number of carbonyl (C=O) groups is 2. The first-order valence-electron chi connectivity index (χ1n) is 7.97. The molecule has 0 fully saturated rings. The molecule has 2 aromatic rings. The standard InChI is InChI=1S/C18H19N3O3/c22-17(23)8-7-12-3-1-6-15(9-12)20-18(24)21-16-10-13-4-2-5-14(13)11-19-16/h1,3,6,9-11H,2,4-5,7-8H2,(H,22,23)(H2,19,20,21,24). The monoisotopic (exact) mass is 325 g/mol. The Morgan fingerprint density at radius 3 is 2.79 bits per heavy atom. The molecule has 0 spiro atoms. The number of aryl methyl sites for hydroxylation is 3. The van der Waals surface area contributed by atoms with Gasteiger partial charge in [-0.05, 0) is 60.6 Å². The number of nitrogens with one attached hydrogen (secondary N) is 2. The Balaban J connectivity index is 1.60. The van der Waals surface area contributed by atoms with E-state index in [1.165, 1.54) is 11.1 Å². The number of amides is 2. The van der Waals surface area contributed by atoms with E-state index >= 15 is 0 Å². The van der Waals surface area contributed by atoms with Gasteiger partial charge in [-0.15, -0.1) is 0 Å². The minimum absolute atomic E-state index is 0.0642. The summed E-state index contributed by atoms with van der Waals surface area (Å²) in [4.78, 5) is 27.0. The van der Waals surface area contributed by atoms with Crippen LogP contribution in [-0.4, -0.2) is 22.1 Å². The molecular formula is C18H19N3O3. The molecule has 0 bridgehead atoms. The summed E-state index contributed by atoms with van der Waals surface area (Å²) in [5.41, 5.74) is 3.99. The molecule has 0 saturated heterocycles. The first kappa shape index (κ1) is 16.0. The molecule has 0 atom stereocenters. The van der Waals surface area contributed by atoms with Crippen LogP contribution in [0.15, 0.2) is 36.5 Å². The molecule has 3 N–H and O–H groups in total. The van der Waals surface area contributed by atoms with E-state index < -0.39 is 5.97 Å². The van der Waals surface area contributed by atoms with Gasteiger partial charge in [-0.1, -0.05) is 12.1 Å². The highest BCUT2D eigenvalue weighted by Gasteiger charge is 2.13. The lowest BCUT2D eigenvalue weighted by Gasteiger charge is -2.09. The molecule has 0 unspecified atom stereocenters. The van der Waals surface area contributed by atoms with E-state index in [0.29, 0.717) is 17.9 Å². The number of carboxylic acid groups (broad SMARTS) is 1. The number of carbonyl (C=O) groups excluding carboxylic acids is 1. The van der Waals surface area contributed by atoms with Crippen molar-refractivity contribution in [2.75, 3.05) is 10.6 Å². The number of pyridine rings is 1. The summed E-state index contributed by atoms with van der Waals surface area (Å²) in [5.74, 6) is -0.302.